The Hall–Kier alpha value is -1.67. The van der Waals surface area contributed by atoms with E-state index < -0.39 is 10.0 Å². The Morgan fingerprint density at radius 2 is 1.77 bits per heavy atom. The molecule has 0 atom stereocenters. The number of fused-ring (bicyclic) bond motifs is 1. The van der Waals surface area contributed by atoms with Crippen LogP contribution in [-0.4, -0.2) is 62.9 Å². The molecule has 26 heavy (non-hydrogen) atoms. The van der Waals surface area contributed by atoms with Crippen molar-refractivity contribution in [3.05, 3.63) is 41.4 Å². The molecule has 0 spiro atoms. The van der Waals surface area contributed by atoms with Crippen LogP contribution in [-0.2, 0) is 19.6 Å². The molecule has 0 saturated carbocycles. The van der Waals surface area contributed by atoms with Crippen LogP contribution in [0.4, 0.5) is 0 Å². The molecule has 2 aromatic rings. The lowest BCUT2D eigenvalue weighted by molar-refractivity contribution is -0.144. The lowest BCUT2D eigenvalue weighted by Gasteiger charge is -2.33. The summed E-state index contributed by atoms with van der Waals surface area (Å²) in [5.74, 6) is -0.287. The molecule has 1 fully saturated rings. The summed E-state index contributed by atoms with van der Waals surface area (Å²) in [6, 6.07) is 10.5. The zero-order valence-corrected chi connectivity index (χ0v) is 16.1. The van der Waals surface area contributed by atoms with Crippen molar-refractivity contribution in [1.29, 1.82) is 0 Å². The van der Waals surface area contributed by atoms with Gasteiger partial charge in [-0.25, -0.2) is 8.42 Å². The second-order valence-electron chi connectivity index (χ2n) is 6.08. The summed E-state index contributed by atoms with van der Waals surface area (Å²) in [6.07, 6.45) is 0. The SMILES string of the molecule is CCOC(=O)CN1CCN(S(=O)(=O)c2cccc3cccc(Cl)c23)CC1. The van der Waals surface area contributed by atoms with Gasteiger partial charge in [0, 0.05) is 36.6 Å². The van der Waals surface area contributed by atoms with Gasteiger partial charge in [0.25, 0.3) is 0 Å². The van der Waals surface area contributed by atoms with Crippen LogP contribution in [0, 0.1) is 0 Å². The van der Waals surface area contributed by atoms with Crippen molar-refractivity contribution in [1.82, 2.24) is 9.21 Å². The molecular formula is C18H21ClN2O4S. The molecule has 6 nitrogen and oxygen atoms in total. The highest BCUT2D eigenvalue weighted by molar-refractivity contribution is 7.89. The number of hydrogen-bond donors (Lipinski definition) is 0. The van der Waals surface area contributed by atoms with Gasteiger partial charge in [-0.05, 0) is 24.4 Å². The fraction of sp³-hybridized carbons (Fsp3) is 0.389. The Balaban J connectivity index is 1.80. The lowest BCUT2D eigenvalue weighted by Crippen LogP contribution is -2.50. The average molecular weight is 397 g/mol. The molecule has 1 saturated heterocycles. The number of halogens is 1. The van der Waals surface area contributed by atoms with Crippen molar-refractivity contribution in [3.8, 4) is 0 Å². The first-order valence-electron chi connectivity index (χ1n) is 8.49. The van der Waals surface area contributed by atoms with Gasteiger partial charge in [-0.2, -0.15) is 4.31 Å². The summed E-state index contributed by atoms with van der Waals surface area (Å²) in [6.45, 7) is 3.90. The summed E-state index contributed by atoms with van der Waals surface area (Å²) >= 11 is 6.27. The van der Waals surface area contributed by atoms with E-state index in [1.807, 2.05) is 17.0 Å². The average Bonchev–Trinajstić information content (AvgIpc) is 2.62. The molecule has 8 heteroatoms. The van der Waals surface area contributed by atoms with Crippen molar-refractivity contribution in [2.45, 2.75) is 11.8 Å². The molecule has 3 rings (SSSR count). The monoisotopic (exact) mass is 396 g/mol. The van der Waals surface area contributed by atoms with Crippen molar-refractivity contribution in [3.63, 3.8) is 0 Å². The Morgan fingerprint density at radius 1 is 1.12 bits per heavy atom. The molecule has 1 heterocycles. The van der Waals surface area contributed by atoms with E-state index in [0.29, 0.717) is 43.2 Å². The number of carbonyl (C=O) groups is 1. The van der Waals surface area contributed by atoms with E-state index in [0.717, 1.165) is 5.39 Å². The standard InChI is InChI=1S/C18H21ClN2O4S/c1-2-25-17(22)13-20-9-11-21(12-10-20)26(23,24)16-8-4-6-14-5-3-7-15(19)18(14)16/h3-8H,2,9-13H2,1H3. The number of piperazine rings is 1. The van der Waals surface area contributed by atoms with Gasteiger partial charge < -0.3 is 4.74 Å². The molecule has 2 aromatic carbocycles. The maximum atomic E-state index is 13.1. The minimum absolute atomic E-state index is 0.182. The van der Waals surface area contributed by atoms with E-state index in [-0.39, 0.29) is 17.4 Å². The number of ether oxygens (including phenoxy) is 1. The molecule has 0 aliphatic carbocycles. The lowest BCUT2D eigenvalue weighted by atomic mass is 10.1. The highest BCUT2D eigenvalue weighted by Gasteiger charge is 2.30. The van der Waals surface area contributed by atoms with E-state index in [4.69, 9.17) is 16.3 Å². The van der Waals surface area contributed by atoms with Gasteiger partial charge >= 0.3 is 5.97 Å². The Kier molecular flexibility index (Phi) is 5.82. The van der Waals surface area contributed by atoms with Gasteiger partial charge in [-0.3, -0.25) is 9.69 Å². The van der Waals surface area contributed by atoms with Crippen molar-refractivity contribution in [2.24, 2.45) is 0 Å². The summed E-state index contributed by atoms with van der Waals surface area (Å²) in [4.78, 5) is 13.7. The molecule has 0 aromatic heterocycles. The van der Waals surface area contributed by atoms with Gasteiger partial charge in [-0.15, -0.1) is 0 Å². The molecule has 140 valence electrons. The maximum Gasteiger partial charge on any atom is 0.320 e. The topological polar surface area (TPSA) is 66.9 Å². The molecule has 0 radical (unpaired) electrons. The van der Waals surface area contributed by atoms with Crippen LogP contribution in [0.15, 0.2) is 41.3 Å². The predicted molar refractivity (Wildman–Crippen MR) is 101 cm³/mol. The molecule has 1 aliphatic rings. The fourth-order valence-electron chi connectivity index (χ4n) is 3.13. The number of benzene rings is 2. The van der Waals surface area contributed by atoms with Crippen LogP contribution < -0.4 is 0 Å². The minimum Gasteiger partial charge on any atom is -0.465 e. The number of esters is 1. The first kappa shape index (κ1) is 19.1. The number of nitrogens with zero attached hydrogens (tertiary/aromatic N) is 2. The molecule has 0 amide bonds. The highest BCUT2D eigenvalue weighted by atomic mass is 35.5. The third-order valence-electron chi connectivity index (χ3n) is 4.42. The fourth-order valence-corrected chi connectivity index (χ4v) is 5.13. The highest BCUT2D eigenvalue weighted by Crippen LogP contribution is 2.31. The second kappa shape index (κ2) is 7.92. The van der Waals surface area contributed by atoms with Gasteiger partial charge in [0.05, 0.1) is 18.0 Å². The smallest absolute Gasteiger partial charge is 0.320 e. The van der Waals surface area contributed by atoms with E-state index in [9.17, 15) is 13.2 Å². The molecule has 0 unspecified atom stereocenters. The molecular weight excluding hydrogens is 376 g/mol. The van der Waals surface area contributed by atoms with Crippen molar-refractivity contribution >= 4 is 38.4 Å². The molecule has 1 aliphatic heterocycles. The van der Waals surface area contributed by atoms with Gasteiger partial charge in [0.15, 0.2) is 0 Å². The van der Waals surface area contributed by atoms with Crippen LogP contribution in [0.2, 0.25) is 5.02 Å². The van der Waals surface area contributed by atoms with E-state index >= 15 is 0 Å². The zero-order chi connectivity index (χ0) is 18.7. The van der Waals surface area contributed by atoms with Crippen LogP contribution in [0.5, 0.6) is 0 Å². The van der Waals surface area contributed by atoms with E-state index in [2.05, 4.69) is 0 Å². The molecule has 0 bridgehead atoms. The van der Waals surface area contributed by atoms with Crippen LogP contribution in [0.25, 0.3) is 10.8 Å². The minimum atomic E-state index is -3.67. The second-order valence-corrected chi connectivity index (χ2v) is 8.39. The van der Waals surface area contributed by atoms with E-state index in [1.54, 1.807) is 31.2 Å². The summed E-state index contributed by atoms with van der Waals surface area (Å²) < 4.78 is 32.7. The number of hydrogen-bond acceptors (Lipinski definition) is 5. The number of rotatable bonds is 5. The Bertz CT molecular complexity index is 903. The normalized spacial score (nSPS) is 16.7. The van der Waals surface area contributed by atoms with Crippen molar-refractivity contribution < 1.29 is 17.9 Å². The Labute approximate surface area is 158 Å². The number of carbonyl (C=O) groups excluding carboxylic acids is 1. The quantitative estimate of drug-likeness (QED) is 0.726. The summed E-state index contributed by atoms with van der Waals surface area (Å²) in [7, 11) is -3.67. The van der Waals surface area contributed by atoms with Gasteiger partial charge in [0.2, 0.25) is 10.0 Å². The van der Waals surface area contributed by atoms with Crippen LogP contribution in [0.1, 0.15) is 6.92 Å². The predicted octanol–water partition coefficient (Wildman–Crippen LogP) is 2.36. The third-order valence-corrected chi connectivity index (χ3v) is 6.68. The van der Waals surface area contributed by atoms with Crippen LogP contribution in [0.3, 0.4) is 0 Å². The zero-order valence-electron chi connectivity index (χ0n) is 14.5. The first-order chi connectivity index (χ1) is 12.4. The molecule has 0 N–H and O–H groups in total. The summed E-state index contributed by atoms with van der Waals surface area (Å²) in [5, 5.41) is 1.76. The maximum absolute atomic E-state index is 13.1. The Morgan fingerprint density at radius 3 is 2.42 bits per heavy atom. The first-order valence-corrected chi connectivity index (χ1v) is 10.3. The third kappa shape index (κ3) is 3.86. The largest absolute Gasteiger partial charge is 0.465 e. The van der Waals surface area contributed by atoms with Gasteiger partial charge in [0.1, 0.15) is 0 Å². The van der Waals surface area contributed by atoms with E-state index in [1.165, 1.54) is 4.31 Å². The van der Waals surface area contributed by atoms with Crippen molar-refractivity contribution in [2.75, 3.05) is 39.3 Å². The van der Waals surface area contributed by atoms with Crippen LogP contribution >= 0.6 is 11.6 Å². The summed E-state index contributed by atoms with van der Waals surface area (Å²) in [5.41, 5.74) is 0. The van der Waals surface area contributed by atoms with Gasteiger partial charge in [-0.1, -0.05) is 35.9 Å². The number of sulfonamides is 1.